The molecule has 0 bridgehead atoms. The minimum atomic E-state index is 0.340. The molecule has 0 amide bonds. The van der Waals surface area contributed by atoms with Gasteiger partial charge in [-0.15, -0.1) is 0 Å². The first-order chi connectivity index (χ1) is 10.2. The van der Waals surface area contributed by atoms with Gasteiger partial charge in [-0.25, -0.2) is 4.68 Å². The lowest BCUT2D eigenvalue weighted by Gasteiger charge is -2.41. The van der Waals surface area contributed by atoms with Crippen molar-refractivity contribution in [3.63, 3.8) is 0 Å². The third kappa shape index (κ3) is 3.16. The van der Waals surface area contributed by atoms with E-state index in [0.717, 1.165) is 12.2 Å². The van der Waals surface area contributed by atoms with Crippen molar-refractivity contribution in [2.45, 2.75) is 37.0 Å². The first kappa shape index (κ1) is 14.7. The topological polar surface area (TPSA) is 29.9 Å². The predicted molar refractivity (Wildman–Crippen MR) is 90.1 cm³/mol. The Balaban J connectivity index is 1.63. The molecule has 1 unspecified atom stereocenters. The zero-order valence-electron chi connectivity index (χ0n) is 12.7. The summed E-state index contributed by atoms with van der Waals surface area (Å²) in [5.41, 5.74) is 2.35. The van der Waals surface area contributed by atoms with Crippen LogP contribution in [0.15, 0.2) is 42.7 Å². The third-order valence-corrected chi connectivity index (χ3v) is 5.97. The summed E-state index contributed by atoms with van der Waals surface area (Å²) in [6, 6.07) is 10.6. The molecule has 1 aliphatic carbocycles. The van der Waals surface area contributed by atoms with Crippen LogP contribution in [-0.2, 0) is 0 Å². The van der Waals surface area contributed by atoms with Crippen molar-refractivity contribution in [1.29, 1.82) is 0 Å². The van der Waals surface area contributed by atoms with Gasteiger partial charge in [-0.1, -0.05) is 24.6 Å². The second-order valence-corrected chi connectivity index (χ2v) is 7.17. The lowest BCUT2D eigenvalue weighted by molar-refractivity contribution is 0.334. The minimum absolute atomic E-state index is 0.340. The lowest BCUT2D eigenvalue weighted by atomic mass is 9.84. The Kier molecular flexibility index (Phi) is 4.36. The van der Waals surface area contributed by atoms with Gasteiger partial charge in [0.15, 0.2) is 0 Å². The molecule has 0 saturated heterocycles. The number of hydrogen-bond donors (Lipinski definition) is 1. The molecule has 1 fully saturated rings. The fourth-order valence-corrected chi connectivity index (χ4v) is 3.69. The molecule has 1 aromatic heterocycles. The van der Waals surface area contributed by atoms with E-state index in [0.29, 0.717) is 10.8 Å². The average molecular weight is 301 g/mol. The second kappa shape index (κ2) is 6.24. The van der Waals surface area contributed by atoms with E-state index in [1.807, 2.05) is 40.8 Å². The van der Waals surface area contributed by atoms with Crippen molar-refractivity contribution in [3.05, 3.63) is 48.3 Å². The van der Waals surface area contributed by atoms with Crippen LogP contribution in [0.2, 0.25) is 0 Å². The van der Waals surface area contributed by atoms with Crippen molar-refractivity contribution in [3.8, 4) is 5.69 Å². The zero-order chi connectivity index (χ0) is 14.7. The smallest absolute Gasteiger partial charge is 0.0645 e. The van der Waals surface area contributed by atoms with Crippen LogP contribution in [0.1, 0.15) is 37.8 Å². The van der Waals surface area contributed by atoms with Crippen LogP contribution in [0.3, 0.4) is 0 Å². The molecule has 1 N–H and O–H groups in total. The molecule has 0 aliphatic heterocycles. The molecule has 1 saturated carbocycles. The number of nitrogens with one attached hydrogen (secondary N) is 1. The van der Waals surface area contributed by atoms with Crippen molar-refractivity contribution < 1.29 is 0 Å². The molecule has 1 aromatic carbocycles. The third-order valence-electron chi connectivity index (χ3n) is 4.55. The highest BCUT2D eigenvalue weighted by atomic mass is 32.2. The molecule has 1 heterocycles. The van der Waals surface area contributed by atoms with E-state index in [2.05, 4.69) is 41.9 Å². The van der Waals surface area contributed by atoms with Gasteiger partial charge in [0.05, 0.1) is 11.9 Å². The lowest BCUT2D eigenvalue weighted by Crippen LogP contribution is -2.43. The van der Waals surface area contributed by atoms with Gasteiger partial charge < -0.3 is 5.32 Å². The first-order valence-electron chi connectivity index (χ1n) is 7.61. The maximum Gasteiger partial charge on any atom is 0.0645 e. The molecule has 2 aromatic rings. The van der Waals surface area contributed by atoms with E-state index < -0.39 is 0 Å². The van der Waals surface area contributed by atoms with Crippen LogP contribution in [-0.4, -0.2) is 27.3 Å². The van der Waals surface area contributed by atoms with Gasteiger partial charge in [0.25, 0.3) is 0 Å². The Morgan fingerprint density at radius 2 is 2.10 bits per heavy atom. The van der Waals surface area contributed by atoms with Gasteiger partial charge in [0.1, 0.15) is 0 Å². The molecule has 112 valence electrons. The van der Waals surface area contributed by atoms with Crippen LogP contribution >= 0.6 is 11.8 Å². The Morgan fingerprint density at radius 1 is 1.33 bits per heavy atom. The summed E-state index contributed by atoms with van der Waals surface area (Å²) in [6.07, 6.45) is 10.4. The maximum atomic E-state index is 4.48. The highest BCUT2D eigenvalue weighted by molar-refractivity contribution is 8.00. The number of rotatable bonds is 6. The van der Waals surface area contributed by atoms with Gasteiger partial charge in [-0.05, 0) is 38.2 Å². The quantitative estimate of drug-likeness (QED) is 0.880. The van der Waals surface area contributed by atoms with E-state index in [-0.39, 0.29) is 0 Å². The predicted octanol–water partition coefficient (Wildman–Crippen LogP) is 3.81. The molecule has 3 rings (SSSR count). The summed E-state index contributed by atoms with van der Waals surface area (Å²) in [6.45, 7) is 3.31. The summed E-state index contributed by atoms with van der Waals surface area (Å²) in [5.74, 6) is 0. The van der Waals surface area contributed by atoms with Crippen LogP contribution < -0.4 is 5.32 Å². The number of thioether (sulfide) groups is 1. The van der Waals surface area contributed by atoms with E-state index in [1.165, 1.54) is 24.8 Å². The van der Waals surface area contributed by atoms with Gasteiger partial charge in [0, 0.05) is 29.1 Å². The maximum absolute atomic E-state index is 4.48. The fourth-order valence-electron chi connectivity index (χ4n) is 2.76. The summed E-state index contributed by atoms with van der Waals surface area (Å²) >= 11 is 2.01. The Bertz CT molecular complexity index is 569. The van der Waals surface area contributed by atoms with E-state index in [9.17, 15) is 0 Å². The van der Waals surface area contributed by atoms with Gasteiger partial charge >= 0.3 is 0 Å². The van der Waals surface area contributed by atoms with E-state index in [1.54, 1.807) is 0 Å². The zero-order valence-corrected chi connectivity index (χ0v) is 13.6. The monoisotopic (exact) mass is 301 g/mol. The van der Waals surface area contributed by atoms with Crippen molar-refractivity contribution in [1.82, 2.24) is 15.1 Å². The first-order valence-corrected chi connectivity index (χ1v) is 8.83. The number of aromatic nitrogens is 2. The fraction of sp³-hybridized carbons (Fsp3) is 0.471. The van der Waals surface area contributed by atoms with Crippen molar-refractivity contribution in [2.75, 3.05) is 12.8 Å². The highest BCUT2D eigenvalue weighted by Gasteiger charge is 2.36. The molecule has 0 spiro atoms. The van der Waals surface area contributed by atoms with Crippen LogP contribution in [0.4, 0.5) is 0 Å². The van der Waals surface area contributed by atoms with Crippen molar-refractivity contribution >= 4 is 11.8 Å². The molecule has 4 heteroatoms. The number of hydrogen-bond acceptors (Lipinski definition) is 3. The molecule has 0 radical (unpaired) electrons. The Labute approximate surface area is 131 Å². The number of benzene rings is 1. The molecule has 21 heavy (non-hydrogen) atoms. The number of nitrogens with zero attached hydrogens (tertiary/aromatic N) is 2. The molecular formula is C17H23N3S. The summed E-state index contributed by atoms with van der Waals surface area (Å²) < 4.78 is 2.42. The normalized spacial score (nSPS) is 18.2. The summed E-state index contributed by atoms with van der Waals surface area (Å²) in [4.78, 5) is 0. The van der Waals surface area contributed by atoms with Crippen LogP contribution in [0.25, 0.3) is 5.69 Å². The SMILES string of the molecule is CSC1(CNC(C)c2cnn(-c3ccccc3)c2)CCC1. The molecule has 1 atom stereocenters. The van der Waals surface area contributed by atoms with Gasteiger partial charge in [0.2, 0.25) is 0 Å². The Hall–Kier alpha value is -1.26. The summed E-state index contributed by atoms with van der Waals surface area (Å²) in [7, 11) is 0. The second-order valence-electron chi connectivity index (χ2n) is 5.90. The van der Waals surface area contributed by atoms with E-state index >= 15 is 0 Å². The Morgan fingerprint density at radius 3 is 2.71 bits per heavy atom. The minimum Gasteiger partial charge on any atom is -0.309 e. The highest BCUT2D eigenvalue weighted by Crippen LogP contribution is 2.42. The molecule has 1 aliphatic rings. The average Bonchev–Trinajstić information content (AvgIpc) is 2.97. The van der Waals surface area contributed by atoms with Gasteiger partial charge in [-0.2, -0.15) is 16.9 Å². The largest absolute Gasteiger partial charge is 0.309 e. The van der Waals surface area contributed by atoms with Crippen LogP contribution in [0, 0.1) is 0 Å². The molecule has 3 nitrogen and oxygen atoms in total. The summed E-state index contributed by atoms with van der Waals surface area (Å²) in [5, 5.41) is 8.16. The van der Waals surface area contributed by atoms with Crippen LogP contribution in [0.5, 0.6) is 0 Å². The standard InChI is InChI=1S/C17H23N3S/c1-14(18-13-17(21-2)9-6-10-17)15-11-19-20(12-15)16-7-4-3-5-8-16/h3-5,7-8,11-12,14,18H,6,9-10,13H2,1-2H3. The number of para-hydroxylation sites is 1. The van der Waals surface area contributed by atoms with E-state index in [4.69, 9.17) is 0 Å². The van der Waals surface area contributed by atoms with Gasteiger partial charge in [-0.3, -0.25) is 0 Å². The molecular weight excluding hydrogens is 278 g/mol. The van der Waals surface area contributed by atoms with Crippen molar-refractivity contribution in [2.24, 2.45) is 0 Å².